The SMILES string of the molecule is CCCCN1CC(=O)N(C)[C@@H](CC(C)C)C(=O)N[C@@H]([C@@H](C)CC)C(=O)N(C)[C@@H](Cc2ccccc2)C(=O)N[C@@H]([C@@H](C)O)C(=O)N(CCCC)CC(=O)N(C)[C@@H](CC(C)C)C(=O)N(C)[C@@H](Cc2ccccc2)C(=O)N[C@@H](COCC(=O)NC(C)(C)C)C(=O)N(C)[C@@H](C)C(=O)N[C@H](C(=O)N2CCCCC2)CC1=O. The second kappa shape index (κ2) is 43.3. The molecule has 0 bridgehead atoms. The molecule has 11 atom stereocenters. The van der Waals surface area contributed by atoms with Gasteiger partial charge in [0.25, 0.3) is 0 Å². The van der Waals surface area contributed by atoms with Gasteiger partial charge in [0.05, 0.1) is 32.2 Å². The molecule has 28 nitrogen and oxygen atoms in total. The molecule has 0 spiro atoms. The highest BCUT2D eigenvalue weighted by Gasteiger charge is 2.43. The fourth-order valence-electron chi connectivity index (χ4n) is 12.8. The summed E-state index contributed by atoms with van der Waals surface area (Å²) >= 11 is 0. The van der Waals surface area contributed by atoms with Gasteiger partial charge in [0, 0.05) is 79.8 Å². The smallest absolute Gasteiger partial charge is 0.248 e. The molecule has 6 N–H and O–H groups in total. The number of unbranched alkanes of at least 4 members (excludes halogenated alkanes) is 2. The van der Waals surface area contributed by atoms with E-state index < -0.39 is 181 Å². The van der Waals surface area contributed by atoms with Crippen LogP contribution in [-0.4, -0.2) is 275 Å². The number of ether oxygens (including phenoxy) is 1. The third-order valence-corrected chi connectivity index (χ3v) is 19.8. The van der Waals surface area contributed by atoms with Gasteiger partial charge < -0.3 is 75.6 Å². The summed E-state index contributed by atoms with van der Waals surface area (Å²) in [5.41, 5.74) is 0.528. The van der Waals surface area contributed by atoms with E-state index in [0.29, 0.717) is 69.2 Å². The molecule has 0 radical (unpaired) electrons. The van der Waals surface area contributed by atoms with Crippen LogP contribution < -0.4 is 26.6 Å². The third kappa shape index (κ3) is 27.4. The maximum atomic E-state index is 15.5. The van der Waals surface area contributed by atoms with Crippen LogP contribution in [-0.2, 0) is 79.9 Å². The molecule has 2 aromatic carbocycles. The van der Waals surface area contributed by atoms with Gasteiger partial charge in [-0.25, -0.2) is 0 Å². The first-order valence-corrected chi connectivity index (χ1v) is 37.9. The summed E-state index contributed by atoms with van der Waals surface area (Å²) < 4.78 is 5.88. The minimum absolute atomic E-state index is 0.0333. The van der Waals surface area contributed by atoms with Crippen molar-refractivity contribution in [3.63, 3.8) is 0 Å². The summed E-state index contributed by atoms with van der Waals surface area (Å²) in [4.78, 5) is 204. The molecule has 2 heterocycles. The number of rotatable bonds is 22. The van der Waals surface area contributed by atoms with E-state index in [2.05, 4.69) is 26.6 Å². The van der Waals surface area contributed by atoms with Crippen molar-refractivity contribution < 1.29 is 72.2 Å². The molecule has 2 aromatic rings. The second-order valence-electron chi connectivity index (χ2n) is 30.6. The van der Waals surface area contributed by atoms with Gasteiger partial charge in [-0.15, -0.1) is 0 Å². The number of likely N-dealkylation sites (tertiary alicyclic amines) is 1. The number of amides is 13. The molecular weight excluding hydrogens is 1360 g/mol. The summed E-state index contributed by atoms with van der Waals surface area (Å²) in [7, 11) is 6.91. The fourth-order valence-corrected chi connectivity index (χ4v) is 12.8. The first kappa shape index (κ1) is 89.9. The zero-order valence-electron chi connectivity index (χ0n) is 66.4. The molecule has 28 heteroatoms. The van der Waals surface area contributed by atoms with E-state index in [0.717, 1.165) is 11.3 Å². The monoisotopic (exact) mass is 1480 g/mol. The van der Waals surface area contributed by atoms with Crippen molar-refractivity contribution in [1.29, 1.82) is 0 Å². The number of benzene rings is 2. The number of hydrogen-bond donors (Lipinski definition) is 6. The fraction of sp³-hybridized carbons (Fsp3) is 0.679. The maximum Gasteiger partial charge on any atom is 0.248 e. The highest BCUT2D eigenvalue weighted by Crippen LogP contribution is 2.23. The van der Waals surface area contributed by atoms with E-state index in [-0.39, 0.29) is 50.6 Å². The Bertz CT molecular complexity index is 3250. The molecule has 2 aliphatic heterocycles. The molecule has 2 aliphatic rings. The van der Waals surface area contributed by atoms with Gasteiger partial charge >= 0.3 is 0 Å². The molecule has 4 rings (SSSR count). The number of hydrogen-bond acceptors (Lipinski definition) is 15. The third-order valence-electron chi connectivity index (χ3n) is 19.8. The van der Waals surface area contributed by atoms with Crippen molar-refractivity contribution in [1.82, 2.24) is 65.8 Å². The summed E-state index contributed by atoms with van der Waals surface area (Å²) in [6.45, 7) is 21.0. The van der Waals surface area contributed by atoms with E-state index in [9.17, 15) is 29.1 Å². The number of piperidine rings is 1. The lowest BCUT2D eigenvalue weighted by atomic mass is 9.94. The average Bonchev–Trinajstić information content (AvgIpc) is 0.881. The van der Waals surface area contributed by atoms with Gasteiger partial charge in [0.15, 0.2) is 0 Å². The molecule has 2 fully saturated rings. The van der Waals surface area contributed by atoms with Gasteiger partial charge in [-0.2, -0.15) is 0 Å². The minimum atomic E-state index is -1.70. The molecule has 0 aliphatic carbocycles. The van der Waals surface area contributed by atoms with Crippen molar-refractivity contribution in [2.24, 2.45) is 17.8 Å². The highest BCUT2D eigenvalue weighted by molar-refractivity contribution is 6.00. The Kier molecular flexibility index (Phi) is 36.7. The molecule has 0 aromatic heterocycles. The molecule has 2 saturated heterocycles. The lowest BCUT2D eigenvalue weighted by Gasteiger charge is -2.37. The van der Waals surface area contributed by atoms with E-state index >= 15 is 38.4 Å². The molecule has 0 unspecified atom stereocenters. The van der Waals surface area contributed by atoms with Crippen molar-refractivity contribution in [3.05, 3.63) is 71.8 Å². The lowest BCUT2D eigenvalue weighted by molar-refractivity contribution is -0.151. The predicted molar refractivity (Wildman–Crippen MR) is 403 cm³/mol. The number of carbonyl (C=O) groups excluding carboxylic acids is 13. The number of carbonyl (C=O) groups is 13. The Morgan fingerprint density at radius 1 is 0.547 bits per heavy atom. The van der Waals surface area contributed by atoms with Crippen LogP contribution >= 0.6 is 0 Å². The minimum Gasteiger partial charge on any atom is -0.391 e. The van der Waals surface area contributed by atoms with E-state index in [1.54, 1.807) is 93.3 Å². The first-order valence-electron chi connectivity index (χ1n) is 37.9. The lowest BCUT2D eigenvalue weighted by Crippen LogP contribution is -2.62. The Balaban J connectivity index is 2.01. The summed E-state index contributed by atoms with van der Waals surface area (Å²) in [5.74, 6) is -10.6. The molecule has 0 saturated carbocycles. The van der Waals surface area contributed by atoms with Gasteiger partial charge in [-0.05, 0) is 108 Å². The van der Waals surface area contributed by atoms with E-state index in [1.165, 1.54) is 78.5 Å². The summed E-state index contributed by atoms with van der Waals surface area (Å²) in [5, 5.41) is 25.5. The Morgan fingerprint density at radius 2 is 1.02 bits per heavy atom. The van der Waals surface area contributed by atoms with Crippen LogP contribution in [0.4, 0.5) is 0 Å². The van der Waals surface area contributed by atoms with Gasteiger partial charge in [0.2, 0.25) is 76.8 Å². The Hall–Kier alpha value is -8.53. The van der Waals surface area contributed by atoms with Gasteiger partial charge in [-0.3, -0.25) is 62.3 Å². The molecule has 592 valence electrons. The van der Waals surface area contributed by atoms with Gasteiger partial charge in [0.1, 0.15) is 61.0 Å². The average molecular weight is 1480 g/mol. The van der Waals surface area contributed by atoms with Crippen molar-refractivity contribution in [2.75, 3.05) is 87.7 Å². The Labute approximate surface area is 628 Å². The second-order valence-corrected chi connectivity index (χ2v) is 30.6. The zero-order chi connectivity index (χ0) is 79.4. The normalized spacial score (nSPS) is 23.9. The largest absolute Gasteiger partial charge is 0.391 e. The van der Waals surface area contributed by atoms with E-state index in [4.69, 9.17) is 4.74 Å². The van der Waals surface area contributed by atoms with Gasteiger partial charge in [-0.1, -0.05) is 135 Å². The summed E-state index contributed by atoms with van der Waals surface area (Å²) in [6.07, 6.45) is 2.15. The highest BCUT2D eigenvalue weighted by atomic mass is 16.5. The van der Waals surface area contributed by atoms with Crippen molar-refractivity contribution >= 4 is 76.8 Å². The van der Waals surface area contributed by atoms with Crippen LogP contribution in [0.2, 0.25) is 0 Å². The standard InChI is InChI=1S/C78H125N13O15/c1-19-22-37-90-46-65(95)85(15)59(41-50(4)5)71(99)81-67(52(8)21-3)76(104)88(18)61(44-56-35-29-25-30-36-56)72(100)82-68(54(10)92)77(105)91(38-23-20-2)47-66(96)86(16)62(42-51(6)7)75(103)87(17)60(43-55-33-27-24-28-34-55)70(98)80-58(48-106-49-63(93)83-78(11,12)13)73(101)84(14)53(9)69(97)79-57(45-64(90)94)74(102)89-39-31-26-32-40-89/h24-25,27-30,33-36,50-54,57-62,67-68,92H,19-23,26,31-32,37-49H2,1-18H3,(H,79,97)(H,80,98)(H,81,99)(H,82,100)(H,83,93)/t52-,53-,54+,57-,58-,59-,60-,61-,62-,67-,68-/m0/s1. The molecule has 106 heavy (non-hydrogen) atoms. The quantitative estimate of drug-likeness (QED) is 0.0979. The van der Waals surface area contributed by atoms with Crippen molar-refractivity contribution in [3.8, 4) is 0 Å². The molecular formula is C78H125N13O15. The maximum absolute atomic E-state index is 15.5. The Morgan fingerprint density at radius 3 is 1.52 bits per heavy atom. The van der Waals surface area contributed by atoms with Crippen LogP contribution in [0.3, 0.4) is 0 Å². The number of nitrogens with zero attached hydrogens (tertiary/aromatic N) is 8. The predicted octanol–water partition coefficient (Wildman–Crippen LogP) is 3.69. The number of aliphatic hydroxyl groups excluding tert-OH is 1. The first-order chi connectivity index (χ1) is 49.9. The summed E-state index contributed by atoms with van der Waals surface area (Å²) in [6, 6.07) is 4.62. The van der Waals surface area contributed by atoms with Crippen LogP contribution in [0.5, 0.6) is 0 Å². The van der Waals surface area contributed by atoms with Crippen LogP contribution in [0.1, 0.15) is 172 Å². The van der Waals surface area contributed by atoms with Crippen molar-refractivity contribution in [2.45, 2.75) is 239 Å². The van der Waals surface area contributed by atoms with Crippen LogP contribution in [0.25, 0.3) is 0 Å². The zero-order valence-corrected chi connectivity index (χ0v) is 66.4. The van der Waals surface area contributed by atoms with E-state index in [1.807, 2.05) is 48.5 Å². The number of nitrogens with one attached hydrogen (secondary N) is 5. The molecule has 13 amide bonds. The topological polar surface area (TPSA) is 337 Å². The number of likely N-dealkylation sites (N-methyl/N-ethyl adjacent to an activating group) is 5. The van der Waals surface area contributed by atoms with Crippen LogP contribution in [0, 0.1) is 17.8 Å². The number of aliphatic hydroxyl groups is 1. The van der Waals surface area contributed by atoms with Crippen LogP contribution in [0.15, 0.2) is 60.7 Å².